The van der Waals surface area contributed by atoms with Crippen molar-refractivity contribution in [1.82, 2.24) is 4.98 Å². The van der Waals surface area contributed by atoms with Crippen LogP contribution < -0.4 is 0 Å². The van der Waals surface area contributed by atoms with E-state index in [0.29, 0.717) is 0 Å². The van der Waals surface area contributed by atoms with E-state index >= 15 is 0 Å². The Morgan fingerprint density at radius 2 is 2.06 bits per heavy atom. The van der Waals surface area contributed by atoms with Crippen LogP contribution in [0.3, 0.4) is 0 Å². The molecule has 0 aliphatic heterocycles. The topological polar surface area (TPSA) is 12.9 Å². The number of thiophene rings is 1. The Kier molecular flexibility index (Phi) is 2.46. The molecule has 0 unspecified atom stereocenters. The highest BCUT2D eigenvalue weighted by molar-refractivity contribution is 7.21. The summed E-state index contributed by atoms with van der Waals surface area (Å²) in [5.74, 6) is 0. The summed E-state index contributed by atoms with van der Waals surface area (Å²) in [5, 5.41) is 4.43. The minimum absolute atomic E-state index is 0.783. The molecule has 4 heteroatoms. The fraction of sp³-hybridized carbons (Fsp3) is 0.0833. The molecule has 0 aliphatic rings. The van der Waals surface area contributed by atoms with Gasteiger partial charge in [0.1, 0.15) is 9.34 Å². The van der Waals surface area contributed by atoms with Gasteiger partial charge in [-0.3, -0.25) is 0 Å². The number of benzene rings is 1. The lowest BCUT2D eigenvalue weighted by Crippen LogP contribution is -1.74. The largest absolute Gasteiger partial charge is 0.240 e. The van der Waals surface area contributed by atoms with Gasteiger partial charge in [0.25, 0.3) is 0 Å². The quantitative estimate of drug-likeness (QED) is 0.604. The van der Waals surface area contributed by atoms with Gasteiger partial charge in [-0.25, -0.2) is 4.98 Å². The third-order valence-electron chi connectivity index (χ3n) is 2.45. The van der Waals surface area contributed by atoms with Gasteiger partial charge >= 0.3 is 0 Å². The molecule has 0 saturated carbocycles. The minimum Gasteiger partial charge on any atom is -0.240 e. The molecular weight excluding hydrogens is 258 g/mol. The zero-order valence-corrected chi connectivity index (χ0v) is 10.9. The van der Waals surface area contributed by atoms with Gasteiger partial charge < -0.3 is 0 Å². The van der Waals surface area contributed by atoms with Crippen molar-refractivity contribution in [1.29, 1.82) is 0 Å². The minimum atomic E-state index is 0.783. The van der Waals surface area contributed by atoms with Crippen molar-refractivity contribution >= 4 is 44.4 Å². The molecule has 1 aromatic carbocycles. The van der Waals surface area contributed by atoms with Crippen LogP contribution in [0.5, 0.6) is 0 Å². The summed E-state index contributed by atoms with van der Waals surface area (Å²) in [6.45, 7) is 1.94. The van der Waals surface area contributed by atoms with Crippen molar-refractivity contribution in [2.24, 2.45) is 0 Å². The predicted octanol–water partition coefficient (Wildman–Crippen LogP) is 4.99. The van der Waals surface area contributed by atoms with E-state index in [2.05, 4.69) is 34.6 Å². The number of nitrogens with zero attached hydrogens (tertiary/aromatic N) is 1. The average molecular weight is 266 g/mol. The second-order valence-corrected chi connectivity index (χ2v) is 6.04. The number of rotatable bonds is 1. The maximum Gasteiger partial charge on any atom is 0.126 e. The van der Waals surface area contributed by atoms with E-state index in [4.69, 9.17) is 11.6 Å². The Morgan fingerprint density at radius 3 is 2.81 bits per heavy atom. The highest BCUT2D eigenvalue weighted by Crippen LogP contribution is 2.38. The molecule has 16 heavy (non-hydrogen) atoms. The van der Waals surface area contributed by atoms with Crippen molar-refractivity contribution in [2.45, 2.75) is 6.92 Å². The van der Waals surface area contributed by atoms with Crippen LogP contribution in [0.25, 0.3) is 20.7 Å². The summed E-state index contributed by atoms with van der Waals surface area (Å²) in [7, 11) is 0. The van der Waals surface area contributed by atoms with Crippen LogP contribution in [0.1, 0.15) is 5.69 Å². The second-order valence-electron chi connectivity index (χ2n) is 3.52. The first-order chi connectivity index (χ1) is 7.75. The first kappa shape index (κ1) is 10.3. The summed E-state index contributed by atoms with van der Waals surface area (Å²) in [6, 6.07) is 8.38. The Bertz CT molecular complexity index is 634. The number of aryl methyl sites for hydroxylation is 1. The number of thiazole rings is 1. The zero-order chi connectivity index (χ0) is 11.1. The fourth-order valence-electron chi connectivity index (χ4n) is 1.64. The molecule has 0 N–H and O–H groups in total. The molecule has 80 valence electrons. The number of halogens is 1. The SMILES string of the molecule is Cc1nc(-c2csc3ccccc23)sc1Cl. The highest BCUT2D eigenvalue weighted by Gasteiger charge is 2.11. The summed E-state index contributed by atoms with van der Waals surface area (Å²) in [4.78, 5) is 4.50. The Morgan fingerprint density at radius 1 is 1.25 bits per heavy atom. The normalized spacial score (nSPS) is 11.1. The molecule has 1 nitrogen and oxygen atoms in total. The van der Waals surface area contributed by atoms with E-state index in [-0.39, 0.29) is 0 Å². The molecule has 0 atom stereocenters. The molecule has 0 radical (unpaired) electrons. The van der Waals surface area contributed by atoms with Crippen LogP contribution in [-0.2, 0) is 0 Å². The van der Waals surface area contributed by atoms with Gasteiger partial charge in [-0.15, -0.1) is 22.7 Å². The second kappa shape index (κ2) is 3.84. The van der Waals surface area contributed by atoms with E-state index in [1.807, 2.05) is 6.92 Å². The summed E-state index contributed by atoms with van der Waals surface area (Å²) in [5.41, 5.74) is 2.11. The number of hydrogen-bond acceptors (Lipinski definition) is 3. The van der Waals surface area contributed by atoms with Gasteiger partial charge in [-0.05, 0) is 13.0 Å². The fourth-order valence-corrected chi connectivity index (χ4v) is 3.74. The Labute approximate surface area is 106 Å². The monoisotopic (exact) mass is 265 g/mol. The van der Waals surface area contributed by atoms with Crippen LogP contribution in [-0.4, -0.2) is 4.98 Å². The molecule has 0 amide bonds. The molecule has 0 bridgehead atoms. The molecule has 3 rings (SSSR count). The molecule has 2 aromatic heterocycles. The van der Waals surface area contributed by atoms with E-state index in [9.17, 15) is 0 Å². The third-order valence-corrected chi connectivity index (χ3v) is 4.90. The lowest BCUT2D eigenvalue weighted by atomic mass is 10.2. The predicted molar refractivity (Wildman–Crippen MR) is 72.7 cm³/mol. The molecule has 0 fully saturated rings. The van der Waals surface area contributed by atoms with Crippen LogP contribution in [0.4, 0.5) is 0 Å². The number of aromatic nitrogens is 1. The lowest BCUT2D eigenvalue weighted by Gasteiger charge is -1.92. The first-order valence-corrected chi connectivity index (χ1v) is 6.92. The third kappa shape index (κ3) is 1.56. The van der Waals surface area contributed by atoms with Crippen LogP contribution in [0, 0.1) is 6.92 Å². The maximum atomic E-state index is 6.06. The summed E-state index contributed by atoms with van der Waals surface area (Å²) >= 11 is 9.35. The smallest absolute Gasteiger partial charge is 0.126 e. The van der Waals surface area contributed by atoms with Crippen LogP contribution >= 0.6 is 34.3 Å². The van der Waals surface area contributed by atoms with Crippen LogP contribution in [0.15, 0.2) is 29.6 Å². The van der Waals surface area contributed by atoms with Gasteiger partial charge in [-0.1, -0.05) is 29.8 Å². The van der Waals surface area contributed by atoms with Crippen molar-refractivity contribution in [3.05, 3.63) is 39.7 Å². The van der Waals surface area contributed by atoms with Crippen LogP contribution in [0.2, 0.25) is 4.34 Å². The molecule has 0 spiro atoms. The summed E-state index contributed by atoms with van der Waals surface area (Å²) in [6.07, 6.45) is 0. The van der Waals surface area contributed by atoms with Crippen molar-refractivity contribution in [2.75, 3.05) is 0 Å². The molecule has 2 heterocycles. The first-order valence-electron chi connectivity index (χ1n) is 4.85. The Balaban J connectivity index is 2.26. The van der Waals surface area contributed by atoms with E-state index in [1.165, 1.54) is 15.6 Å². The standard InChI is InChI=1S/C12H8ClNS2/c1-7-11(13)16-12(14-7)9-6-15-10-5-3-2-4-8(9)10/h2-6H,1H3. The molecule has 0 aliphatic carbocycles. The average Bonchev–Trinajstić information content (AvgIpc) is 2.83. The maximum absolute atomic E-state index is 6.06. The van der Waals surface area contributed by atoms with Crippen molar-refractivity contribution in [3.8, 4) is 10.6 Å². The van der Waals surface area contributed by atoms with E-state index < -0.39 is 0 Å². The van der Waals surface area contributed by atoms with Gasteiger partial charge in [0, 0.05) is 21.0 Å². The zero-order valence-electron chi connectivity index (χ0n) is 8.53. The highest BCUT2D eigenvalue weighted by atomic mass is 35.5. The van der Waals surface area contributed by atoms with E-state index in [0.717, 1.165) is 15.0 Å². The number of hydrogen-bond donors (Lipinski definition) is 0. The van der Waals surface area contributed by atoms with Gasteiger partial charge in [-0.2, -0.15) is 0 Å². The van der Waals surface area contributed by atoms with Crippen molar-refractivity contribution < 1.29 is 0 Å². The molecular formula is C12H8ClNS2. The number of fused-ring (bicyclic) bond motifs is 1. The molecule has 0 saturated heterocycles. The van der Waals surface area contributed by atoms with E-state index in [1.54, 1.807) is 22.7 Å². The summed E-state index contributed by atoms with van der Waals surface area (Å²) < 4.78 is 2.08. The van der Waals surface area contributed by atoms with Gasteiger partial charge in [0.05, 0.1) is 5.69 Å². The van der Waals surface area contributed by atoms with Gasteiger partial charge in [0.15, 0.2) is 0 Å². The van der Waals surface area contributed by atoms with Crippen molar-refractivity contribution in [3.63, 3.8) is 0 Å². The Hall–Kier alpha value is -0.900. The lowest BCUT2D eigenvalue weighted by molar-refractivity contribution is 1.27. The van der Waals surface area contributed by atoms with Gasteiger partial charge in [0.2, 0.25) is 0 Å². The molecule has 3 aromatic rings.